The van der Waals surface area contributed by atoms with E-state index in [1.54, 1.807) is 13.0 Å². The number of unbranched alkanes of at least 4 members (excludes halogenated alkanes) is 3. The van der Waals surface area contributed by atoms with Gasteiger partial charge in [-0.2, -0.15) is 0 Å². The zero-order valence-electron chi connectivity index (χ0n) is 15.0. The zero-order chi connectivity index (χ0) is 16.5. The van der Waals surface area contributed by atoms with Gasteiger partial charge in [-0.05, 0) is 52.2 Å². The smallest absolute Gasteiger partial charge is 0.330 e. The summed E-state index contributed by atoms with van der Waals surface area (Å²) in [6.07, 6.45) is 10.6. The Balaban J connectivity index is 0. The van der Waals surface area contributed by atoms with Gasteiger partial charge in [0, 0.05) is 5.57 Å². The highest BCUT2D eigenvalue weighted by atomic mass is 16.4. The van der Waals surface area contributed by atoms with Crippen molar-refractivity contribution in [2.45, 2.75) is 79.6 Å². The quantitative estimate of drug-likeness (QED) is 0.539. The fourth-order valence-electron chi connectivity index (χ4n) is 1.87. The molecule has 0 saturated carbocycles. The van der Waals surface area contributed by atoms with E-state index >= 15 is 0 Å². The van der Waals surface area contributed by atoms with Gasteiger partial charge in [0.05, 0.1) is 0 Å². The molecular formula is C18H37NO2. The van der Waals surface area contributed by atoms with E-state index in [9.17, 15) is 4.79 Å². The predicted molar refractivity (Wildman–Crippen MR) is 92.8 cm³/mol. The molecule has 0 aromatic carbocycles. The molecule has 0 bridgehead atoms. The summed E-state index contributed by atoms with van der Waals surface area (Å²) in [6.45, 7) is 14.3. The lowest BCUT2D eigenvalue weighted by molar-refractivity contribution is -0.132. The van der Waals surface area contributed by atoms with Gasteiger partial charge >= 0.3 is 5.97 Å². The van der Waals surface area contributed by atoms with Crippen LogP contribution in [0.15, 0.2) is 11.6 Å². The second-order valence-electron chi connectivity index (χ2n) is 5.50. The van der Waals surface area contributed by atoms with Gasteiger partial charge < -0.3 is 10.0 Å². The fraction of sp³-hybridized carbons (Fsp3) is 0.833. The molecule has 0 amide bonds. The van der Waals surface area contributed by atoms with Gasteiger partial charge in [-0.3, -0.25) is 0 Å². The van der Waals surface area contributed by atoms with E-state index in [4.69, 9.17) is 5.11 Å². The molecule has 126 valence electrons. The first-order valence-electron chi connectivity index (χ1n) is 8.65. The Morgan fingerprint density at radius 2 is 1.29 bits per heavy atom. The Kier molecular flexibility index (Phi) is 18.4. The lowest BCUT2D eigenvalue weighted by atomic mass is 10.2. The van der Waals surface area contributed by atoms with Gasteiger partial charge in [0.25, 0.3) is 0 Å². The molecule has 0 radical (unpaired) electrons. The monoisotopic (exact) mass is 299 g/mol. The van der Waals surface area contributed by atoms with E-state index in [-0.39, 0.29) is 0 Å². The predicted octanol–water partition coefficient (Wildman–Crippen LogP) is 5.12. The standard InChI is InChI=1S/C12H27N.C6H10O2/c1-4-7-10-13(11-8-5-2)12-9-6-3;1-3-4-5(2)6(7)8/h4-12H2,1-3H3;4H,3H2,1-2H3,(H,7,8). The van der Waals surface area contributed by atoms with Crippen molar-refractivity contribution in [2.75, 3.05) is 19.6 Å². The molecule has 0 aliphatic rings. The first-order chi connectivity index (χ1) is 10.0. The highest BCUT2D eigenvalue weighted by Crippen LogP contribution is 2.01. The maximum absolute atomic E-state index is 10.0. The molecule has 0 heterocycles. The number of allylic oxidation sites excluding steroid dienone is 1. The molecule has 0 aromatic rings. The molecular weight excluding hydrogens is 262 g/mol. The number of hydrogen-bond donors (Lipinski definition) is 1. The number of aliphatic carboxylic acids is 1. The van der Waals surface area contributed by atoms with Crippen LogP contribution in [-0.4, -0.2) is 35.6 Å². The normalized spacial score (nSPS) is 11.2. The molecule has 0 atom stereocenters. The van der Waals surface area contributed by atoms with Crippen LogP contribution >= 0.6 is 0 Å². The van der Waals surface area contributed by atoms with Crippen LogP contribution in [0.25, 0.3) is 0 Å². The van der Waals surface area contributed by atoms with Gasteiger partial charge in [-0.15, -0.1) is 0 Å². The van der Waals surface area contributed by atoms with E-state index in [1.165, 1.54) is 58.2 Å². The van der Waals surface area contributed by atoms with Gasteiger partial charge in [0.15, 0.2) is 0 Å². The second kappa shape index (κ2) is 17.2. The van der Waals surface area contributed by atoms with Crippen molar-refractivity contribution >= 4 is 5.97 Å². The average molecular weight is 299 g/mol. The Morgan fingerprint density at radius 1 is 0.905 bits per heavy atom. The van der Waals surface area contributed by atoms with Crippen LogP contribution in [0.3, 0.4) is 0 Å². The van der Waals surface area contributed by atoms with Crippen molar-refractivity contribution in [3.8, 4) is 0 Å². The number of carbonyl (C=O) groups is 1. The lowest BCUT2D eigenvalue weighted by Crippen LogP contribution is -2.27. The SMILES string of the molecule is CCC=C(C)C(=O)O.CCCCN(CCCC)CCCC. The molecule has 0 fully saturated rings. The van der Waals surface area contributed by atoms with E-state index in [0.717, 1.165) is 6.42 Å². The van der Waals surface area contributed by atoms with E-state index < -0.39 is 5.97 Å². The average Bonchev–Trinajstić information content (AvgIpc) is 2.47. The first-order valence-corrected chi connectivity index (χ1v) is 8.65. The third kappa shape index (κ3) is 17.1. The molecule has 3 heteroatoms. The van der Waals surface area contributed by atoms with E-state index in [0.29, 0.717) is 5.57 Å². The van der Waals surface area contributed by atoms with Crippen molar-refractivity contribution in [2.24, 2.45) is 0 Å². The molecule has 0 spiro atoms. The number of hydrogen-bond acceptors (Lipinski definition) is 2. The summed E-state index contributed by atoms with van der Waals surface area (Å²) in [5.74, 6) is -0.827. The van der Waals surface area contributed by atoms with E-state index in [2.05, 4.69) is 25.7 Å². The second-order valence-corrected chi connectivity index (χ2v) is 5.50. The third-order valence-corrected chi connectivity index (χ3v) is 3.33. The molecule has 1 N–H and O–H groups in total. The van der Waals surface area contributed by atoms with Crippen LogP contribution in [0.1, 0.15) is 79.6 Å². The summed E-state index contributed by atoms with van der Waals surface area (Å²) in [5, 5.41) is 8.24. The highest BCUT2D eigenvalue weighted by molar-refractivity contribution is 5.85. The molecule has 0 aliphatic carbocycles. The number of nitrogens with zero attached hydrogens (tertiary/aromatic N) is 1. The molecule has 0 unspecified atom stereocenters. The summed E-state index contributed by atoms with van der Waals surface area (Å²) < 4.78 is 0. The Labute approximate surface area is 132 Å². The summed E-state index contributed by atoms with van der Waals surface area (Å²) >= 11 is 0. The summed E-state index contributed by atoms with van der Waals surface area (Å²) in [5.41, 5.74) is 0.424. The topological polar surface area (TPSA) is 40.5 Å². The minimum absolute atomic E-state index is 0.424. The van der Waals surface area contributed by atoms with Crippen molar-refractivity contribution < 1.29 is 9.90 Å². The molecule has 0 saturated heterocycles. The van der Waals surface area contributed by atoms with Crippen molar-refractivity contribution in [3.05, 3.63) is 11.6 Å². The van der Waals surface area contributed by atoms with E-state index in [1.807, 2.05) is 6.92 Å². The molecule has 0 aliphatic heterocycles. The maximum Gasteiger partial charge on any atom is 0.330 e. The minimum atomic E-state index is -0.827. The fourth-order valence-corrected chi connectivity index (χ4v) is 1.87. The zero-order valence-corrected chi connectivity index (χ0v) is 15.0. The highest BCUT2D eigenvalue weighted by Gasteiger charge is 2.01. The van der Waals surface area contributed by atoms with Crippen LogP contribution in [0.4, 0.5) is 0 Å². The van der Waals surface area contributed by atoms with Gasteiger partial charge in [-0.1, -0.05) is 53.0 Å². The van der Waals surface area contributed by atoms with Gasteiger partial charge in [-0.25, -0.2) is 4.79 Å². The number of rotatable bonds is 11. The Bertz CT molecular complexity index is 243. The molecule has 0 rings (SSSR count). The van der Waals surface area contributed by atoms with Crippen molar-refractivity contribution in [1.29, 1.82) is 0 Å². The molecule has 21 heavy (non-hydrogen) atoms. The third-order valence-electron chi connectivity index (χ3n) is 3.33. The minimum Gasteiger partial charge on any atom is -0.478 e. The van der Waals surface area contributed by atoms with Crippen LogP contribution in [0, 0.1) is 0 Å². The summed E-state index contributed by atoms with van der Waals surface area (Å²) in [7, 11) is 0. The summed E-state index contributed by atoms with van der Waals surface area (Å²) in [4.78, 5) is 12.7. The van der Waals surface area contributed by atoms with Gasteiger partial charge in [0.1, 0.15) is 0 Å². The lowest BCUT2D eigenvalue weighted by Gasteiger charge is -2.21. The Morgan fingerprint density at radius 3 is 1.48 bits per heavy atom. The van der Waals surface area contributed by atoms with Gasteiger partial charge in [0.2, 0.25) is 0 Å². The largest absolute Gasteiger partial charge is 0.478 e. The summed E-state index contributed by atoms with van der Waals surface area (Å²) in [6, 6.07) is 0. The van der Waals surface area contributed by atoms with Crippen molar-refractivity contribution in [1.82, 2.24) is 4.90 Å². The van der Waals surface area contributed by atoms with Crippen molar-refractivity contribution in [3.63, 3.8) is 0 Å². The molecule has 3 nitrogen and oxygen atoms in total. The van der Waals surface area contributed by atoms with Crippen LogP contribution in [0.5, 0.6) is 0 Å². The first kappa shape index (κ1) is 22.5. The number of carboxylic acid groups (broad SMARTS) is 1. The number of carboxylic acids is 1. The van der Waals surface area contributed by atoms with Crippen LogP contribution in [0.2, 0.25) is 0 Å². The Hall–Kier alpha value is -0.830. The molecule has 0 aromatic heterocycles. The van der Waals surface area contributed by atoms with Crippen LogP contribution in [-0.2, 0) is 4.79 Å². The maximum atomic E-state index is 10.0. The van der Waals surface area contributed by atoms with Crippen LogP contribution < -0.4 is 0 Å².